The second-order valence-corrected chi connectivity index (χ2v) is 5.80. The van der Waals surface area contributed by atoms with Crippen molar-refractivity contribution < 1.29 is 9.90 Å². The quantitative estimate of drug-likeness (QED) is 0.898. The van der Waals surface area contributed by atoms with Crippen LogP contribution in [0.5, 0.6) is 0 Å². The maximum Gasteiger partial charge on any atom is 0.306 e. The van der Waals surface area contributed by atoms with Gasteiger partial charge in [-0.05, 0) is 33.2 Å². The van der Waals surface area contributed by atoms with E-state index in [1.165, 1.54) is 0 Å². The van der Waals surface area contributed by atoms with Gasteiger partial charge in [0.25, 0.3) is 0 Å². The lowest BCUT2D eigenvalue weighted by Crippen LogP contribution is -2.42. The molecule has 1 N–H and O–H groups in total. The number of likely N-dealkylation sites (tertiary alicyclic amines) is 1. The Bertz CT molecular complexity index is 405. The number of carboxylic acid groups (broad SMARTS) is 1. The molecule has 0 bridgehead atoms. The molecule has 0 aliphatic carbocycles. The summed E-state index contributed by atoms with van der Waals surface area (Å²) < 4.78 is 0. The highest BCUT2D eigenvalue weighted by Gasteiger charge is 2.29. The average molecular weight is 254 g/mol. The topological polar surface area (TPSA) is 53.4 Å². The van der Waals surface area contributed by atoms with Crippen LogP contribution in [-0.2, 0) is 11.3 Å². The minimum atomic E-state index is -0.652. The molecule has 1 aromatic rings. The van der Waals surface area contributed by atoms with Gasteiger partial charge in [0, 0.05) is 18.0 Å². The van der Waals surface area contributed by atoms with Gasteiger partial charge in [-0.1, -0.05) is 0 Å². The van der Waals surface area contributed by atoms with Crippen molar-refractivity contribution in [2.24, 2.45) is 5.92 Å². The molecule has 0 aromatic carbocycles. The summed E-state index contributed by atoms with van der Waals surface area (Å²) in [6.45, 7) is 5.81. The van der Waals surface area contributed by atoms with E-state index in [9.17, 15) is 4.79 Å². The first kappa shape index (κ1) is 12.5. The van der Waals surface area contributed by atoms with Crippen LogP contribution < -0.4 is 0 Å². The molecule has 2 rings (SSSR count). The molecule has 2 atom stereocenters. The zero-order valence-electron chi connectivity index (χ0n) is 10.2. The second-order valence-electron chi connectivity index (χ2n) is 4.74. The van der Waals surface area contributed by atoms with Crippen LogP contribution in [0.15, 0.2) is 5.38 Å². The molecule has 94 valence electrons. The number of thiazole rings is 1. The van der Waals surface area contributed by atoms with Crippen LogP contribution in [-0.4, -0.2) is 33.5 Å². The Hall–Kier alpha value is -0.940. The number of aromatic nitrogens is 1. The fourth-order valence-corrected chi connectivity index (χ4v) is 2.97. The third kappa shape index (κ3) is 3.04. The van der Waals surface area contributed by atoms with Crippen molar-refractivity contribution in [3.8, 4) is 0 Å². The van der Waals surface area contributed by atoms with Gasteiger partial charge in [0.1, 0.15) is 0 Å². The standard InChI is InChI=1S/C12H18N2O2S/c1-8-5-10(12(15)16)3-4-14(8)6-11-7-17-9(2)13-11/h7-8,10H,3-6H2,1-2H3,(H,15,16). The Morgan fingerprint density at radius 1 is 1.71 bits per heavy atom. The number of carbonyl (C=O) groups is 1. The molecule has 0 radical (unpaired) electrons. The summed E-state index contributed by atoms with van der Waals surface area (Å²) in [5.41, 5.74) is 1.10. The summed E-state index contributed by atoms with van der Waals surface area (Å²) >= 11 is 1.67. The molecule has 1 aliphatic rings. The van der Waals surface area contributed by atoms with E-state index in [1.54, 1.807) is 11.3 Å². The highest BCUT2D eigenvalue weighted by Crippen LogP contribution is 2.24. The van der Waals surface area contributed by atoms with E-state index < -0.39 is 5.97 Å². The SMILES string of the molecule is Cc1nc(CN2CCC(C(=O)O)CC2C)cs1. The summed E-state index contributed by atoms with van der Waals surface area (Å²) in [7, 11) is 0. The lowest BCUT2D eigenvalue weighted by molar-refractivity contribution is -0.144. The van der Waals surface area contributed by atoms with Crippen molar-refractivity contribution in [1.82, 2.24) is 9.88 Å². The van der Waals surface area contributed by atoms with E-state index in [1.807, 2.05) is 6.92 Å². The van der Waals surface area contributed by atoms with Crippen LogP contribution in [0.2, 0.25) is 0 Å². The Morgan fingerprint density at radius 2 is 2.47 bits per heavy atom. The second kappa shape index (κ2) is 5.14. The molecule has 17 heavy (non-hydrogen) atoms. The Balaban J connectivity index is 1.93. The van der Waals surface area contributed by atoms with Gasteiger partial charge in [-0.2, -0.15) is 0 Å². The number of piperidine rings is 1. The molecule has 1 fully saturated rings. The van der Waals surface area contributed by atoms with Crippen LogP contribution in [0.3, 0.4) is 0 Å². The van der Waals surface area contributed by atoms with Crippen molar-refractivity contribution in [2.75, 3.05) is 6.54 Å². The van der Waals surface area contributed by atoms with Crippen LogP contribution in [0.1, 0.15) is 30.5 Å². The van der Waals surface area contributed by atoms with E-state index in [4.69, 9.17) is 5.11 Å². The zero-order chi connectivity index (χ0) is 12.4. The molecule has 1 aliphatic heterocycles. The largest absolute Gasteiger partial charge is 0.481 e. The summed E-state index contributed by atoms with van der Waals surface area (Å²) in [4.78, 5) is 17.7. The smallest absolute Gasteiger partial charge is 0.306 e. The molecule has 4 nitrogen and oxygen atoms in total. The highest BCUT2D eigenvalue weighted by atomic mass is 32.1. The third-order valence-corrected chi connectivity index (χ3v) is 4.22. The van der Waals surface area contributed by atoms with E-state index in [-0.39, 0.29) is 5.92 Å². The summed E-state index contributed by atoms with van der Waals surface area (Å²) in [6.07, 6.45) is 1.50. The predicted octanol–water partition coefficient (Wildman–Crippen LogP) is 2.14. The van der Waals surface area contributed by atoms with Crippen molar-refractivity contribution in [3.05, 3.63) is 16.1 Å². The van der Waals surface area contributed by atoms with Crippen LogP contribution >= 0.6 is 11.3 Å². The van der Waals surface area contributed by atoms with E-state index >= 15 is 0 Å². The third-order valence-electron chi connectivity index (χ3n) is 3.39. The van der Waals surface area contributed by atoms with Gasteiger partial charge in [-0.25, -0.2) is 4.98 Å². The van der Waals surface area contributed by atoms with Gasteiger partial charge >= 0.3 is 5.97 Å². The van der Waals surface area contributed by atoms with Crippen molar-refractivity contribution >= 4 is 17.3 Å². The maximum absolute atomic E-state index is 10.9. The predicted molar refractivity (Wildman–Crippen MR) is 67.1 cm³/mol. The van der Waals surface area contributed by atoms with Crippen LogP contribution in [0.25, 0.3) is 0 Å². The molecule has 0 saturated carbocycles. The maximum atomic E-state index is 10.9. The summed E-state index contributed by atoms with van der Waals surface area (Å²) in [5.74, 6) is -0.820. The van der Waals surface area contributed by atoms with E-state index in [0.29, 0.717) is 6.04 Å². The van der Waals surface area contributed by atoms with Gasteiger partial charge in [0.15, 0.2) is 0 Å². The molecule has 0 amide bonds. The Labute approximate surface area is 105 Å². The zero-order valence-corrected chi connectivity index (χ0v) is 11.0. The van der Waals surface area contributed by atoms with E-state index in [0.717, 1.165) is 36.6 Å². The molecular weight excluding hydrogens is 236 g/mol. The van der Waals surface area contributed by atoms with Crippen molar-refractivity contribution in [3.63, 3.8) is 0 Å². The fraction of sp³-hybridized carbons (Fsp3) is 0.667. The lowest BCUT2D eigenvalue weighted by Gasteiger charge is -2.35. The number of nitrogens with zero attached hydrogens (tertiary/aromatic N) is 2. The van der Waals surface area contributed by atoms with Gasteiger partial charge < -0.3 is 5.11 Å². The molecule has 2 unspecified atom stereocenters. The number of carboxylic acids is 1. The molecule has 5 heteroatoms. The normalized spacial score (nSPS) is 26.0. The molecule has 1 aromatic heterocycles. The minimum Gasteiger partial charge on any atom is -0.481 e. The Morgan fingerprint density at radius 3 is 3.00 bits per heavy atom. The monoisotopic (exact) mass is 254 g/mol. The van der Waals surface area contributed by atoms with Gasteiger partial charge in [0.05, 0.1) is 16.6 Å². The first-order valence-electron chi connectivity index (χ1n) is 5.94. The number of hydrogen-bond donors (Lipinski definition) is 1. The molecule has 2 heterocycles. The average Bonchev–Trinajstić information content (AvgIpc) is 2.67. The first-order valence-corrected chi connectivity index (χ1v) is 6.82. The lowest BCUT2D eigenvalue weighted by atomic mass is 9.92. The fourth-order valence-electron chi connectivity index (χ4n) is 2.37. The number of rotatable bonds is 3. The highest BCUT2D eigenvalue weighted by molar-refractivity contribution is 7.09. The van der Waals surface area contributed by atoms with Crippen molar-refractivity contribution in [1.29, 1.82) is 0 Å². The summed E-state index contributed by atoms with van der Waals surface area (Å²) in [5, 5.41) is 12.2. The minimum absolute atomic E-state index is 0.168. The number of aliphatic carboxylic acids is 1. The van der Waals surface area contributed by atoms with Gasteiger partial charge in [-0.15, -0.1) is 11.3 Å². The Kier molecular flexibility index (Phi) is 3.79. The van der Waals surface area contributed by atoms with Crippen LogP contribution in [0, 0.1) is 12.8 Å². The number of aryl methyl sites for hydroxylation is 1. The molecule has 1 saturated heterocycles. The molecule has 0 spiro atoms. The number of hydrogen-bond acceptors (Lipinski definition) is 4. The molecular formula is C12H18N2O2S. The van der Waals surface area contributed by atoms with Crippen molar-refractivity contribution in [2.45, 2.75) is 39.3 Å². The van der Waals surface area contributed by atoms with E-state index in [2.05, 4.69) is 22.2 Å². The van der Waals surface area contributed by atoms with Gasteiger partial charge in [0.2, 0.25) is 0 Å². The van der Waals surface area contributed by atoms with Gasteiger partial charge in [-0.3, -0.25) is 9.69 Å². The first-order chi connectivity index (χ1) is 8.06. The summed E-state index contributed by atoms with van der Waals surface area (Å²) in [6, 6.07) is 0.326. The van der Waals surface area contributed by atoms with Crippen LogP contribution in [0.4, 0.5) is 0 Å².